The summed E-state index contributed by atoms with van der Waals surface area (Å²) in [4.78, 5) is 12.1. The largest absolute Gasteiger partial charge is 0.486 e. The summed E-state index contributed by atoms with van der Waals surface area (Å²) in [6, 6.07) is 10.7. The lowest BCUT2D eigenvalue weighted by Crippen LogP contribution is -2.39. The van der Waals surface area contributed by atoms with E-state index in [4.69, 9.17) is 9.47 Å². The van der Waals surface area contributed by atoms with Crippen LogP contribution in [0.5, 0.6) is 11.5 Å². The molecule has 3 rings (SSSR count). The Morgan fingerprint density at radius 2 is 1.92 bits per heavy atom. The summed E-state index contributed by atoms with van der Waals surface area (Å²) < 4.78 is 24.6. The highest BCUT2D eigenvalue weighted by Crippen LogP contribution is 2.32. The van der Waals surface area contributed by atoms with E-state index in [-0.39, 0.29) is 18.2 Å². The number of halogens is 1. The van der Waals surface area contributed by atoms with Gasteiger partial charge in [0.25, 0.3) is 0 Å². The van der Waals surface area contributed by atoms with Gasteiger partial charge in [-0.1, -0.05) is 24.3 Å². The van der Waals surface area contributed by atoms with Crippen molar-refractivity contribution in [1.29, 1.82) is 0 Å². The molecule has 0 aliphatic carbocycles. The zero-order valence-corrected chi connectivity index (χ0v) is 14.4. The van der Waals surface area contributed by atoms with E-state index in [0.717, 1.165) is 5.56 Å². The Bertz CT molecular complexity index is 784. The zero-order valence-electron chi connectivity index (χ0n) is 14.4. The standard InChI is InChI=1S/C19H21FN2O4/c1-12(13-6-7-17-18(10-13)26-9-8-25-17)22-19(24)21-11-16(23)14-4-2-3-5-15(14)20/h2-7,10,12,16,23H,8-9,11H2,1H3,(H2,21,22,24). The lowest BCUT2D eigenvalue weighted by molar-refractivity contribution is 0.168. The summed E-state index contributed by atoms with van der Waals surface area (Å²) in [7, 11) is 0. The van der Waals surface area contributed by atoms with Crippen molar-refractivity contribution < 1.29 is 23.8 Å². The number of urea groups is 1. The summed E-state index contributed by atoms with van der Waals surface area (Å²) >= 11 is 0. The number of carbonyl (C=O) groups excluding carboxylic acids is 1. The molecule has 2 unspecified atom stereocenters. The van der Waals surface area contributed by atoms with Gasteiger partial charge in [-0.05, 0) is 30.7 Å². The molecule has 0 spiro atoms. The third kappa shape index (κ3) is 4.23. The maximum atomic E-state index is 13.6. The predicted molar refractivity (Wildman–Crippen MR) is 93.7 cm³/mol. The average molecular weight is 360 g/mol. The molecule has 138 valence electrons. The SMILES string of the molecule is CC(NC(=O)NCC(O)c1ccccc1F)c1ccc2c(c1)OCCO2. The van der Waals surface area contributed by atoms with Gasteiger partial charge in [0.15, 0.2) is 11.5 Å². The number of aliphatic hydroxyl groups is 1. The van der Waals surface area contributed by atoms with Gasteiger partial charge in [0.05, 0.1) is 12.1 Å². The normalized spacial score (nSPS) is 15.0. The fraction of sp³-hybridized carbons (Fsp3) is 0.316. The van der Waals surface area contributed by atoms with E-state index >= 15 is 0 Å². The highest BCUT2D eigenvalue weighted by molar-refractivity contribution is 5.74. The number of hydrogen-bond donors (Lipinski definition) is 3. The summed E-state index contributed by atoms with van der Waals surface area (Å²) in [6.07, 6.45) is -1.12. The van der Waals surface area contributed by atoms with Crippen molar-refractivity contribution in [3.63, 3.8) is 0 Å². The average Bonchev–Trinajstić information content (AvgIpc) is 2.66. The molecule has 0 aromatic heterocycles. The Labute approximate surface area is 150 Å². The lowest BCUT2D eigenvalue weighted by Gasteiger charge is -2.21. The molecule has 0 fully saturated rings. The molecule has 1 aliphatic heterocycles. The molecule has 26 heavy (non-hydrogen) atoms. The zero-order chi connectivity index (χ0) is 18.5. The van der Waals surface area contributed by atoms with Crippen LogP contribution in [0, 0.1) is 5.82 Å². The Morgan fingerprint density at radius 1 is 1.19 bits per heavy atom. The number of benzene rings is 2. The quantitative estimate of drug-likeness (QED) is 0.766. The van der Waals surface area contributed by atoms with Crippen LogP contribution in [0.4, 0.5) is 9.18 Å². The van der Waals surface area contributed by atoms with Crippen LogP contribution in [-0.4, -0.2) is 30.9 Å². The van der Waals surface area contributed by atoms with Crippen LogP contribution in [0.3, 0.4) is 0 Å². The number of fused-ring (bicyclic) bond motifs is 1. The molecule has 0 bridgehead atoms. The molecular formula is C19H21FN2O4. The molecule has 2 aromatic carbocycles. The summed E-state index contributed by atoms with van der Waals surface area (Å²) in [5, 5.41) is 15.3. The second-order valence-electron chi connectivity index (χ2n) is 6.02. The van der Waals surface area contributed by atoms with Crippen molar-refractivity contribution in [2.75, 3.05) is 19.8 Å². The molecule has 2 atom stereocenters. The minimum atomic E-state index is -1.12. The molecule has 3 N–H and O–H groups in total. The van der Waals surface area contributed by atoms with Gasteiger partial charge in [-0.25, -0.2) is 9.18 Å². The molecule has 0 saturated heterocycles. The molecule has 7 heteroatoms. The van der Waals surface area contributed by atoms with Gasteiger partial charge < -0.3 is 25.2 Å². The number of rotatable bonds is 5. The van der Waals surface area contributed by atoms with Gasteiger partial charge in [0.1, 0.15) is 19.0 Å². The number of amides is 2. The number of carbonyl (C=O) groups is 1. The number of hydrogen-bond acceptors (Lipinski definition) is 4. The Hall–Kier alpha value is -2.80. The Kier molecular flexibility index (Phi) is 5.58. The van der Waals surface area contributed by atoms with E-state index < -0.39 is 18.0 Å². The third-order valence-corrected chi connectivity index (χ3v) is 4.13. The molecule has 0 saturated carbocycles. The third-order valence-electron chi connectivity index (χ3n) is 4.13. The van der Waals surface area contributed by atoms with E-state index in [2.05, 4.69) is 10.6 Å². The van der Waals surface area contributed by atoms with E-state index in [1.54, 1.807) is 12.1 Å². The second kappa shape index (κ2) is 8.05. The first kappa shape index (κ1) is 18.0. The van der Waals surface area contributed by atoms with E-state index in [1.807, 2.05) is 25.1 Å². The van der Waals surface area contributed by atoms with Crippen molar-refractivity contribution in [1.82, 2.24) is 10.6 Å². The summed E-state index contributed by atoms with van der Waals surface area (Å²) in [6.45, 7) is 2.75. The smallest absolute Gasteiger partial charge is 0.315 e. The fourth-order valence-electron chi connectivity index (χ4n) is 2.70. The van der Waals surface area contributed by atoms with Crippen LogP contribution in [0.25, 0.3) is 0 Å². The second-order valence-corrected chi connectivity index (χ2v) is 6.02. The summed E-state index contributed by atoms with van der Waals surface area (Å²) in [5.41, 5.74) is 1.01. The van der Waals surface area contributed by atoms with Crippen LogP contribution < -0.4 is 20.1 Å². The topological polar surface area (TPSA) is 79.8 Å². The van der Waals surface area contributed by atoms with Crippen molar-refractivity contribution in [2.45, 2.75) is 19.1 Å². The number of aliphatic hydroxyl groups excluding tert-OH is 1. The minimum Gasteiger partial charge on any atom is -0.486 e. The first-order chi connectivity index (χ1) is 12.5. The first-order valence-corrected chi connectivity index (χ1v) is 8.41. The Balaban J connectivity index is 1.54. The maximum absolute atomic E-state index is 13.6. The van der Waals surface area contributed by atoms with Gasteiger partial charge >= 0.3 is 6.03 Å². The van der Waals surface area contributed by atoms with Gasteiger partial charge in [-0.2, -0.15) is 0 Å². The van der Waals surface area contributed by atoms with Crippen LogP contribution in [0.2, 0.25) is 0 Å². The highest BCUT2D eigenvalue weighted by atomic mass is 19.1. The van der Waals surface area contributed by atoms with Gasteiger partial charge in [-0.15, -0.1) is 0 Å². The molecule has 0 radical (unpaired) electrons. The fourth-order valence-corrected chi connectivity index (χ4v) is 2.70. The van der Waals surface area contributed by atoms with E-state index in [9.17, 15) is 14.3 Å². The van der Waals surface area contributed by atoms with Gasteiger partial charge in [0.2, 0.25) is 0 Å². The summed E-state index contributed by atoms with van der Waals surface area (Å²) in [5.74, 6) is 0.828. The van der Waals surface area contributed by atoms with E-state index in [1.165, 1.54) is 12.1 Å². The monoisotopic (exact) mass is 360 g/mol. The highest BCUT2D eigenvalue weighted by Gasteiger charge is 2.17. The molecule has 6 nitrogen and oxygen atoms in total. The molecule has 2 amide bonds. The van der Waals surface area contributed by atoms with Crippen molar-refractivity contribution in [3.8, 4) is 11.5 Å². The van der Waals surface area contributed by atoms with Gasteiger partial charge in [-0.3, -0.25) is 0 Å². The molecule has 1 heterocycles. The van der Waals surface area contributed by atoms with Crippen LogP contribution in [0.15, 0.2) is 42.5 Å². The molecule has 1 aliphatic rings. The van der Waals surface area contributed by atoms with Crippen molar-refractivity contribution >= 4 is 6.03 Å². The van der Waals surface area contributed by atoms with E-state index in [0.29, 0.717) is 24.7 Å². The van der Waals surface area contributed by atoms with Gasteiger partial charge in [0, 0.05) is 12.1 Å². The van der Waals surface area contributed by atoms with Crippen LogP contribution >= 0.6 is 0 Å². The number of ether oxygens (including phenoxy) is 2. The predicted octanol–water partition coefficient (Wildman–Crippen LogP) is 2.69. The molecule has 2 aromatic rings. The molecular weight excluding hydrogens is 339 g/mol. The Morgan fingerprint density at radius 3 is 2.69 bits per heavy atom. The minimum absolute atomic E-state index is 0.0966. The van der Waals surface area contributed by atoms with Crippen molar-refractivity contribution in [3.05, 3.63) is 59.4 Å². The number of nitrogens with one attached hydrogen (secondary N) is 2. The van der Waals surface area contributed by atoms with Crippen LogP contribution in [-0.2, 0) is 0 Å². The lowest BCUT2D eigenvalue weighted by atomic mass is 10.1. The van der Waals surface area contributed by atoms with Crippen molar-refractivity contribution in [2.24, 2.45) is 0 Å². The maximum Gasteiger partial charge on any atom is 0.315 e. The van der Waals surface area contributed by atoms with Crippen LogP contribution in [0.1, 0.15) is 30.2 Å². The first-order valence-electron chi connectivity index (χ1n) is 8.41.